The lowest BCUT2D eigenvalue weighted by Gasteiger charge is -2.12. The number of alkyl halides is 3. The van der Waals surface area contributed by atoms with Gasteiger partial charge < -0.3 is 0 Å². The smallest absolute Gasteiger partial charge is 0.284 e. The number of nitrogens with zero attached hydrogens (tertiary/aromatic N) is 2. The summed E-state index contributed by atoms with van der Waals surface area (Å²) in [4.78, 5) is 27.3. The number of thiophene rings is 1. The molecule has 0 saturated carbocycles. The third-order valence-corrected chi connectivity index (χ3v) is 6.98. The molecule has 182 valence electrons. The molecule has 0 aliphatic heterocycles. The van der Waals surface area contributed by atoms with Gasteiger partial charge in [0.1, 0.15) is 4.83 Å². The first kappa shape index (κ1) is 24.7. The van der Waals surface area contributed by atoms with Gasteiger partial charge in [-0.15, -0.1) is 11.3 Å². The molecular weight excluding hydrogens is 473 g/mol. The van der Waals surface area contributed by atoms with Crippen LogP contribution in [0.1, 0.15) is 41.0 Å². The van der Waals surface area contributed by atoms with Crippen LogP contribution in [0.5, 0.6) is 0 Å². The van der Waals surface area contributed by atoms with Crippen molar-refractivity contribution in [2.45, 2.75) is 33.0 Å². The molecule has 0 N–H and O–H groups in total. The van der Waals surface area contributed by atoms with Crippen LogP contribution < -0.4 is 11.2 Å². The first-order chi connectivity index (χ1) is 16.6. The average molecular weight is 499 g/mol. The Morgan fingerprint density at radius 3 is 2.29 bits per heavy atom. The highest BCUT2D eigenvalue weighted by Crippen LogP contribution is 2.37. The molecule has 2 heterocycles. The van der Waals surface area contributed by atoms with Crippen LogP contribution in [-0.2, 0) is 26.2 Å². The van der Waals surface area contributed by atoms with Gasteiger partial charge in [0.15, 0.2) is 0 Å². The van der Waals surface area contributed by atoms with E-state index in [2.05, 4.69) is 0 Å². The predicted octanol–water partition coefficient (Wildman–Crippen LogP) is 6.20. The SMILES string of the molecule is CC(C)Cn1c(=O)n(C)c(=O)c2c(/C=C/c3ccccc3)c(Cc3ccccc3C(F)(F)F)sc21. The minimum Gasteiger partial charge on any atom is -0.284 e. The second-order valence-corrected chi connectivity index (χ2v) is 9.93. The zero-order chi connectivity index (χ0) is 25.3. The molecule has 0 aliphatic carbocycles. The standard InChI is InChI=1S/C27H25F3N2O2S/c1-17(2)16-32-25-23(24(33)31(3)26(32)34)20(14-13-18-9-5-4-6-10-18)22(35-25)15-19-11-7-8-12-21(19)27(28,29)30/h4-14,17H,15-16H2,1-3H3/b14-13+. The van der Waals surface area contributed by atoms with Gasteiger partial charge in [-0.25, -0.2) is 4.79 Å². The van der Waals surface area contributed by atoms with Gasteiger partial charge in [-0.2, -0.15) is 13.2 Å². The third kappa shape index (κ3) is 5.03. The molecule has 4 aromatic rings. The van der Waals surface area contributed by atoms with Crippen molar-refractivity contribution in [3.05, 3.63) is 103 Å². The fourth-order valence-corrected chi connectivity index (χ4v) is 5.40. The Labute approximate surface area is 204 Å². The van der Waals surface area contributed by atoms with Gasteiger partial charge in [0.2, 0.25) is 0 Å². The normalized spacial score (nSPS) is 12.3. The van der Waals surface area contributed by atoms with E-state index >= 15 is 0 Å². The lowest BCUT2D eigenvalue weighted by atomic mass is 10.0. The van der Waals surface area contributed by atoms with Crippen LogP contribution in [0.2, 0.25) is 0 Å². The molecule has 0 bridgehead atoms. The maximum absolute atomic E-state index is 13.7. The first-order valence-corrected chi connectivity index (χ1v) is 12.0. The van der Waals surface area contributed by atoms with Crippen LogP contribution in [0.4, 0.5) is 13.2 Å². The van der Waals surface area contributed by atoms with E-state index in [4.69, 9.17) is 0 Å². The molecule has 0 spiro atoms. The highest BCUT2D eigenvalue weighted by molar-refractivity contribution is 7.19. The van der Waals surface area contributed by atoms with E-state index in [0.29, 0.717) is 27.2 Å². The number of rotatable bonds is 6. The van der Waals surface area contributed by atoms with Crippen molar-refractivity contribution in [2.24, 2.45) is 13.0 Å². The maximum atomic E-state index is 13.7. The van der Waals surface area contributed by atoms with E-state index < -0.39 is 23.0 Å². The minimum atomic E-state index is -4.50. The summed E-state index contributed by atoms with van der Waals surface area (Å²) in [5.74, 6) is 0.133. The van der Waals surface area contributed by atoms with Crippen LogP contribution in [0.15, 0.2) is 64.2 Å². The highest BCUT2D eigenvalue weighted by atomic mass is 32.1. The first-order valence-electron chi connectivity index (χ1n) is 11.2. The molecule has 35 heavy (non-hydrogen) atoms. The van der Waals surface area contributed by atoms with Crippen molar-refractivity contribution >= 4 is 33.7 Å². The van der Waals surface area contributed by atoms with Gasteiger partial charge >= 0.3 is 11.9 Å². The lowest BCUT2D eigenvalue weighted by molar-refractivity contribution is -0.138. The van der Waals surface area contributed by atoms with E-state index in [0.717, 1.165) is 16.2 Å². The molecule has 4 nitrogen and oxygen atoms in total. The zero-order valence-electron chi connectivity index (χ0n) is 19.6. The molecule has 0 amide bonds. The van der Waals surface area contributed by atoms with Crippen LogP contribution in [0.3, 0.4) is 0 Å². The number of benzene rings is 2. The highest BCUT2D eigenvalue weighted by Gasteiger charge is 2.33. The number of aromatic nitrogens is 2. The predicted molar refractivity (Wildman–Crippen MR) is 136 cm³/mol. The fourth-order valence-electron chi connectivity index (χ4n) is 4.10. The topological polar surface area (TPSA) is 44.0 Å². The lowest BCUT2D eigenvalue weighted by Crippen LogP contribution is -2.38. The summed E-state index contributed by atoms with van der Waals surface area (Å²) in [5, 5.41) is 0.351. The Morgan fingerprint density at radius 2 is 1.63 bits per heavy atom. The molecule has 0 aliphatic rings. The van der Waals surface area contributed by atoms with Crippen molar-refractivity contribution in [3.63, 3.8) is 0 Å². The Morgan fingerprint density at radius 1 is 0.971 bits per heavy atom. The number of halogens is 3. The second kappa shape index (κ2) is 9.70. The summed E-state index contributed by atoms with van der Waals surface area (Å²) in [6.07, 6.45) is -0.908. The van der Waals surface area contributed by atoms with Crippen molar-refractivity contribution in [1.29, 1.82) is 0 Å². The average Bonchev–Trinajstić information content (AvgIpc) is 3.17. The summed E-state index contributed by atoms with van der Waals surface area (Å²) in [5.41, 5.74) is -0.0363. The van der Waals surface area contributed by atoms with Gasteiger partial charge in [-0.3, -0.25) is 13.9 Å². The second-order valence-electron chi connectivity index (χ2n) is 8.85. The Kier molecular flexibility index (Phi) is 6.85. The quantitative estimate of drug-likeness (QED) is 0.318. The Hall–Kier alpha value is -3.39. The minimum absolute atomic E-state index is 0.0114. The fraction of sp³-hybridized carbons (Fsp3) is 0.259. The van der Waals surface area contributed by atoms with E-state index in [1.165, 1.54) is 30.5 Å². The Bertz CT molecular complexity index is 1510. The van der Waals surface area contributed by atoms with Gasteiger partial charge in [-0.05, 0) is 23.1 Å². The molecule has 2 aromatic heterocycles. The number of fused-ring (bicyclic) bond motifs is 1. The van der Waals surface area contributed by atoms with Crippen molar-refractivity contribution in [2.75, 3.05) is 0 Å². The van der Waals surface area contributed by atoms with Crippen molar-refractivity contribution in [1.82, 2.24) is 9.13 Å². The van der Waals surface area contributed by atoms with Crippen molar-refractivity contribution in [3.8, 4) is 0 Å². The molecule has 8 heteroatoms. The molecule has 0 radical (unpaired) electrons. The molecule has 0 atom stereocenters. The van der Waals surface area contributed by atoms with Crippen molar-refractivity contribution < 1.29 is 13.2 Å². The van der Waals surface area contributed by atoms with E-state index in [9.17, 15) is 22.8 Å². The summed E-state index contributed by atoms with van der Waals surface area (Å²) < 4.78 is 43.7. The monoisotopic (exact) mass is 498 g/mol. The Balaban J connectivity index is 2.00. The number of hydrogen-bond donors (Lipinski definition) is 0. The summed E-state index contributed by atoms with van der Waals surface area (Å²) >= 11 is 1.21. The van der Waals surface area contributed by atoms with Gasteiger partial charge in [0.25, 0.3) is 5.56 Å². The molecule has 0 saturated heterocycles. The van der Waals surface area contributed by atoms with E-state index in [-0.39, 0.29) is 17.9 Å². The third-order valence-electron chi connectivity index (χ3n) is 5.75. The molecule has 0 unspecified atom stereocenters. The van der Waals surface area contributed by atoms with Crippen LogP contribution >= 0.6 is 11.3 Å². The summed E-state index contributed by atoms with van der Waals surface area (Å²) in [6.45, 7) is 4.33. The zero-order valence-corrected chi connectivity index (χ0v) is 20.4. The van der Waals surface area contributed by atoms with Gasteiger partial charge in [0.05, 0.1) is 10.9 Å². The van der Waals surface area contributed by atoms with E-state index in [1.807, 2.05) is 50.3 Å². The van der Waals surface area contributed by atoms with Gasteiger partial charge in [-0.1, -0.05) is 74.5 Å². The molecular formula is C27H25F3N2O2S. The summed E-state index contributed by atoms with van der Waals surface area (Å²) in [7, 11) is 1.43. The van der Waals surface area contributed by atoms with Crippen LogP contribution in [0, 0.1) is 5.92 Å². The van der Waals surface area contributed by atoms with E-state index in [1.54, 1.807) is 16.7 Å². The molecule has 2 aromatic carbocycles. The van der Waals surface area contributed by atoms with Crippen LogP contribution in [0.25, 0.3) is 22.4 Å². The van der Waals surface area contributed by atoms with Gasteiger partial charge in [0, 0.05) is 30.5 Å². The summed E-state index contributed by atoms with van der Waals surface area (Å²) in [6, 6.07) is 14.9. The molecule has 4 rings (SSSR count). The number of hydrogen-bond acceptors (Lipinski definition) is 3. The molecule has 0 fully saturated rings. The largest absolute Gasteiger partial charge is 0.416 e. The maximum Gasteiger partial charge on any atom is 0.416 e. The van der Waals surface area contributed by atoms with Crippen LogP contribution in [-0.4, -0.2) is 9.13 Å².